The molecular weight excluding hydrogens is 354 g/mol. The molecule has 0 radical (unpaired) electrons. The lowest BCUT2D eigenvalue weighted by Gasteiger charge is -2.15. The van der Waals surface area contributed by atoms with E-state index in [1.807, 2.05) is 0 Å². The molecule has 2 aromatic heterocycles. The van der Waals surface area contributed by atoms with Gasteiger partial charge in [0.1, 0.15) is 11.6 Å². The Morgan fingerprint density at radius 3 is 2.42 bits per heavy atom. The van der Waals surface area contributed by atoms with Crippen molar-refractivity contribution in [1.82, 2.24) is 15.2 Å². The van der Waals surface area contributed by atoms with Crippen LogP contribution in [0.1, 0.15) is 16.1 Å². The van der Waals surface area contributed by atoms with Gasteiger partial charge in [0.05, 0.1) is 23.1 Å². The summed E-state index contributed by atoms with van der Waals surface area (Å²) in [4.78, 5) is 16.1. The molecule has 0 saturated carbocycles. The molecule has 6 nitrogen and oxygen atoms in total. The molecule has 0 saturated heterocycles. The molecule has 0 bridgehead atoms. The van der Waals surface area contributed by atoms with Crippen molar-refractivity contribution < 1.29 is 22.4 Å². The number of nitrogens with zero attached hydrogens (tertiary/aromatic N) is 2. The molecule has 4 N–H and O–H groups in total. The van der Waals surface area contributed by atoms with E-state index in [0.29, 0.717) is 6.07 Å². The summed E-state index contributed by atoms with van der Waals surface area (Å²) in [5.74, 6) is -1.21. The Morgan fingerprint density at radius 1 is 1.15 bits per heavy atom. The maximum atomic E-state index is 13.3. The summed E-state index contributed by atoms with van der Waals surface area (Å²) < 4.78 is 53.1. The summed E-state index contributed by atoms with van der Waals surface area (Å²) >= 11 is 0. The second kappa shape index (κ2) is 6.47. The van der Waals surface area contributed by atoms with Gasteiger partial charge in [-0.05, 0) is 30.3 Å². The third kappa shape index (κ3) is 3.48. The fraction of sp³-hybridized carbons (Fsp3) is 0.0625. The predicted molar refractivity (Wildman–Crippen MR) is 85.6 cm³/mol. The lowest BCUT2D eigenvalue weighted by atomic mass is 10.0. The number of nitrogens with one attached hydrogen (secondary N) is 2. The molecule has 2 heterocycles. The SMILES string of the molecule is Nc1cc(C(F)(F)F)c(-c2ccc(F)cc2)nc1C(=O)Nc1ccn[nH]1. The highest BCUT2D eigenvalue weighted by Gasteiger charge is 2.36. The van der Waals surface area contributed by atoms with Gasteiger partial charge in [0.25, 0.3) is 5.91 Å². The number of pyridine rings is 1. The summed E-state index contributed by atoms with van der Waals surface area (Å²) in [6.45, 7) is 0. The van der Waals surface area contributed by atoms with Crippen molar-refractivity contribution in [2.24, 2.45) is 0 Å². The first-order valence-corrected chi connectivity index (χ1v) is 7.20. The van der Waals surface area contributed by atoms with E-state index in [-0.39, 0.29) is 11.4 Å². The first-order chi connectivity index (χ1) is 12.3. The number of H-pyrrole nitrogens is 1. The van der Waals surface area contributed by atoms with Gasteiger partial charge in [0.2, 0.25) is 0 Å². The molecule has 3 aromatic rings. The average molecular weight is 365 g/mol. The van der Waals surface area contributed by atoms with Crippen molar-refractivity contribution >= 4 is 17.4 Å². The number of nitrogen functional groups attached to an aromatic ring is 1. The van der Waals surface area contributed by atoms with E-state index in [4.69, 9.17) is 5.73 Å². The Kier molecular flexibility index (Phi) is 4.33. The number of alkyl halides is 3. The van der Waals surface area contributed by atoms with E-state index >= 15 is 0 Å². The maximum absolute atomic E-state index is 13.3. The number of hydrogen-bond donors (Lipinski definition) is 3. The lowest BCUT2D eigenvalue weighted by molar-refractivity contribution is -0.137. The van der Waals surface area contributed by atoms with Crippen molar-refractivity contribution in [2.45, 2.75) is 6.18 Å². The smallest absolute Gasteiger partial charge is 0.397 e. The van der Waals surface area contributed by atoms with Gasteiger partial charge >= 0.3 is 6.18 Å². The van der Waals surface area contributed by atoms with Crippen LogP contribution in [0.15, 0.2) is 42.6 Å². The van der Waals surface area contributed by atoms with Crippen LogP contribution in [0, 0.1) is 5.82 Å². The second-order valence-corrected chi connectivity index (χ2v) is 5.25. The third-order valence-electron chi connectivity index (χ3n) is 3.44. The topological polar surface area (TPSA) is 96.7 Å². The fourth-order valence-electron chi connectivity index (χ4n) is 2.26. The molecule has 1 amide bonds. The van der Waals surface area contributed by atoms with Crippen LogP contribution in [0.5, 0.6) is 0 Å². The zero-order chi connectivity index (χ0) is 18.9. The van der Waals surface area contributed by atoms with Gasteiger partial charge in [0, 0.05) is 11.6 Å². The molecule has 0 fully saturated rings. The number of rotatable bonds is 3. The summed E-state index contributed by atoms with van der Waals surface area (Å²) in [6.07, 6.45) is -3.38. The molecule has 1 aromatic carbocycles. The molecule has 134 valence electrons. The molecule has 26 heavy (non-hydrogen) atoms. The Labute approximate surface area is 144 Å². The average Bonchev–Trinajstić information content (AvgIpc) is 3.07. The van der Waals surface area contributed by atoms with Gasteiger partial charge < -0.3 is 11.1 Å². The third-order valence-corrected chi connectivity index (χ3v) is 3.44. The van der Waals surface area contributed by atoms with Crippen LogP contribution in [-0.4, -0.2) is 21.1 Å². The summed E-state index contributed by atoms with van der Waals surface area (Å²) in [7, 11) is 0. The Bertz CT molecular complexity index is 937. The minimum Gasteiger partial charge on any atom is -0.397 e. The standard InChI is InChI=1S/C16H11F4N5O/c17-9-3-1-8(2-4-9)13-10(16(18,19)20)7-11(21)14(24-13)15(26)23-12-5-6-22-25-12/h1-7H,21H2,(H2,22,23,25,26). The van der Waals surface area contributed by atoms with Crippen molar-refractivity contribution in [3.8, 4) is 11.3 Å². The lowest BCUT2D eigenvalue weighted by Crippen LogP contribution is -2.19. The van der Waals surface area contributed by atoms with Crippen LogP contribution in [0.2, 0.25) is 0 Å². The molecule has 0 unspecified atom stereocenters. The van der Waals surface area contributed by atoms with Crippen molar-refractivity contribution in [1.29, 1.82) is 0 Å². The number of carbonyl (C=O) groups excluding carboxylic acids is 1. The summed E-state index contributed by atoms with van der Waals surface area (Å²) in [5, 5.41) is 8.49. The normalized spacial score (nSPS) is 11.4. The van der Waals surface area contributed by atoms with Gasteiger partial charge in [-0.15, -0.1) is 0 Å². The highest BCUT2D eigenvalue weighted by atomic mass is 19.4. The van der Waals surface area contributed by atoms with Crippen LogP contribution in [-0.2, 0) is 6.18 Å². The van der Waals surface area contributed by atoms with E-state index in [1.165, 1.54) is 12.3 Å². The number of anilines is 2. The number of aromatic nitrogens is 3. The number of hydrogen-bond acceptors (Lipinski definition) is 4. The number of amides is 1. The molecule has 0 atom stereocenters. The van der Waals surface area contributed by atoms with E-state index in [0.717, 1.165) is 24.3 Å². The Hall–Kier alpha value is -3.43. The van der Waals surface area contributed by atoms with Crippen molar-refractivity contribution in [2.75, 3.05) is 11.1 Å². The Morgan fingerprint density at radius 2 is 1.85 bits per heavy atom. The molecular formula is C16H11F4N5O. The van der Waals surface area contributed by atoms with Gasteiger partial charge in [-0.25, -0.2) is 9.37 Å². The number of carbonyl (C=O) groups is 1. The maximum Gasteiger partial charge on any atom is 0.418 e. The second-order valence-electron chi connectivity index (χ2n) is 5.25. The van der Waals surface area contributed by atoms with E-state index in [9.17, 15) is 22.4 Å². The molecule has 0 aliphatic heterocycles. The molecule has 0 spiro atoms. The van der Waals surface area contributed by atoms with Crippen LogP contribution in [0.25, 0.3) is 11.3 Å². The zero-order valence-corrected chi connectivity index (χ0v) is 12.9. The van der Waals surface area contributed by atoms with Gasteiger partial charge in [-0.1, -0.05) is 0 Å². The van der Waals surface area contributed by atoms with Crippen LogP contribution >= 0.6 is 0 Å². The van der Waals surface area contributed by atoms with Gasteiger partial charge in [0.15, 0.2) is 5.69 Å². The summed E-state index contributed by atoms with van der Waals surface area (Å²) in [5.41, 5.74) is 3.11. The number of halogens is 4. The number of aromatic amines is 1. The first-order valence-electron chi connectivity index (χ1n) is 7.20. The Balaban J connectivity index is 2.11. The zero-order valence-electron chi connectivity index (χ0n) is 12.9. The predicted octanol–water partition coefficient (Wildman–Crippen LogP) is 3.46. The van der Waals surface area contributed by atoms with Crippen LogP contribution in [0.3, 0.4) is 0 Å². The fourth-order valence-corrected chi connectivity index (χ4v) is 2.26. The van der Waals surface area contributed by atoms with Crippen molar-refractivity contribution in [3.05, 3.63) is 59.7 Å². The van der Waals surface area contributed by atoms with E-state index in [2.05, 4.69) is 20.5 Å². The quantitative estimate of drug-likeness (QED) is 0.619. The number of nitrogens with two attached hydrogens (primary N) is 1. The van der Waals surface area contributed by atoms with E-state index < -0.39 is 40.5 Å². The minimum absolute atomic E-state index is 0.00526. The van der Waals surface area contributed by atoms with Gasteiger partial charge in [-0.2, -0.15) is 18.3 Å². The highest BCUT2D eigenvalue weighted by molar-refractivity contribution is 6.06. The molecule has 3 rings (SSSR count). The molecule has 0 aliphatic carbocycles. The monoisotopic (exact) mass is 365 g/mol. The highest BCUT2D eigenvalue weighted by Crippen LogP contribution is 2.38. The van der Waals surface area contributed by atoms with Crippen molar-refractivity contribution in [3.63, 3.8) is 0 Å². The summed E-state index contributed by atoms with van der Waals surface area (Å²) in [6, 6.07) is 6.35. The molecule has 0 aliphatic rings. The van der Waals surface area contributed by atoms with Crippen LogP contribution < -0.4 is 11.1 Å². The number of benzene rings is 1. The van der Waals surface area contributed by atoms with E-state index in [1.54, 1.807) is 0 Å². The van der Waals surface area contributed by atoms with Crippen LogP contribution in [0.4, 0.5) is 29.1 Å². The van der Waals surface area contributed by atoms with Gasteiger partial charge in [-0.3, -0.25) is 9.89 Å². The first kappa shape index (κ1) is 17.4. The minimum atomic E-state index is -4.76. The molecule has 10 heteroatoms. The largest absolute Gasteiger partial charge is 0.418 e.